The van der Waals surface area contributed by atoms with Crippen molar-refractivity contribution in [2.75, 3.05) is 5.73 Å². The molecule has 94 valence electrons. The average molecular weight is 269 g/mol. The van der Waals surface area contributed by atoms with Crippen LogP contribution in [-0.2, 0) is 6.54 Å². The van der Waals surface area contributed by atoms with Crippen LogP contribution in [0.25, 0.3) is 0 Å². The zero-order chi connectivity index (χ0) is 13.1. The van der Waals surface area contributed by atoms with Crippen molar-refractivity contribution in [3.8, 4) is 0 Å². The third-order valence-corrected chi connectivity index (χ3v) is 2.68. The molecule has 0 aliphatic heterocycles. The predicted molar refractivity (Wildman–Crippen MR) is 65.6 cm³/mol. The molecule has 0 saturated heterocycles. The van der Waals surface area contributed by atoms with Gasteiger partial charge in [0.25, 0.3) is 5.91 Å². The van der Waals surface area contributed by atoms with E-state index in [0.717, 1.165) is 0 Å². The van der Waals surface area contributed by atoms with Crippen molar-refractivity contribution in [1.29, 1.82) is 0 Å². The fourth-order valence-corrected chi connectivity index (χ4v) is 1.65. The molecule has 0 bridgehead atoms. The molecule has 2 aromatic rings. The number of benzene rings is 1. The largest absolute Gasteiger partial charge is 0.382 e. The Labute approximate surface area is 107 Å². The summed E-state index contributed by atoms with van der Waals surface area (Å²) in [6.07, 6.45) is 0. The molecule has 1 heterocycles. The number of nitrogen functional groups attached to an aromatic ring is 1. The van der Waals surface area contributed by atoms with Crippen LogP contribution < -0.4 is 11.1 Å². The van der Waals surface area contributed by atoms with Crippen LogP contribution in [-0.4, -0.2) is 16.1 Å². The molecule has 2 rings (SSSR count). The molecule has 7 heteroatoms. The summed E-state index contributed by atoms with van der Waals surface area (Å²) < 4.78 is 13.4. The molecule has 1 aromatic heterocycles. The summed E-state index contributed by atoms with van der Waals surface area (Å²) in [4.78, 5) is 11.7. The Morgan fingerprint density at radius 1 is 1.56 bits per heavy atom. The SMILES string of the molecule is Nc1cc(C(=O)NCc2c(F)cccc2Cl)[nH]n1. The molecule has 0 spiro atoms. The number of nitrogens with two attached hydrogens (primary N) is 1. The van der Waals surface area contributed by atoms with Crippen LogP contribution in [0.2, 0.25) is 5.02 Å². The van der Waals surface area contributed by atoms with Gasteiger partial charge in [-0.15, -0.1) is 0 Å². The van der Waals surface area contributed by atoms with Crippen molar-refractivity contribution in [1.82, 2.24) is 15.5 Å². The molecule has 0 radical (unpaired) electrons. The van der Waals surface area contributed by atoms with Crippen LogP contribution in [0.5, 0.6) is 0 Å². The average Bonchev–Trinajstić information content (AvgIpc) is 2.75. The van der Waals surface area contributed by atoms with Crippen molar-refractivity contribution in [2.24, 2.45) is 0 Å². The number of hydrogen-bond acceptors (Lipinski definition) is 3. The van der Waals surface area contributed by atoms with E-state index >= 15 is 0 Å². The van der Waals surface area contributed by atoms with Crippen LogP contribution in [0.3, 0.4) is 0 Å². The Balaban J connectivity index is 2.06. The molecule has 0 unspecified atom stereocenters. The highest BCUT2D eigenvalue weighted by Crippen LogP contribution is 2.18. The normalized spacial score (nSPS) is 10.3. The second-order valence-corrected chi connectivity index (χ2v) is 4.00. The highest BCUT2D eigenvalue weighted by atomic mass is 35.5. The molecule has 0 fully saturated rings. The summed E-state index contributed by atoms with van der Waals surface area (Å²) in [5.41, 5.74) is 5.81. The lowest BCUT2D eigenvalue weighted by Gasteiger charge is -2.06. The highest BCUT2D eigenvalue weighted by Gasteiger charge is 2.11. The second kappa shape index (κ2) is 5.05. The minimum absolute atomic E-state index is 0.0107. The van der Waals surface area contributed by atoms with Crippen LogP contribution >= 0.6 is 11.6 Å². The van der Waals surface area contributed by atoms with Gasteiger partial charge in [0, 0.05) is 23.2 Å². The van der Waals surface area contributed by atoms with E-state index in [9.17, 15) is 9.18 Å². The Morgan fingerprint density at radius 3 is 2.94 bits per heavy atom. The van der Waals surface area contributed by atoms with E-state index in [1.54, 1.807) is 6.07 Å². The molecule has 1 amide bonds. The number of nitrogens with one attached hydrogen (secondary N) is 2. The first-order chi connectivity index (χ1) is 8.58. The summed E-state index contributed by atoms with van der Waals surface area (Å²) >= 11 is 5.83. The third-order valence-electron chi connectivity index (χ3n) is 2.33. The number of hydrogen-bond donors (Lipinski definition) is 3. The number of aromatic amines is 1. The molecule has 18 heavy (non-hydrogen) atoms. The fraction of sp³-hybridized carbons (Fsp3) is 0.0909. The first-order valence-electron chi connectivity index (χ1n) is 5.10. The lowest BCUT2D eigenvalue weighted by molar-refractivity contribution is 0.0945. The Hall–Kier alpha value is -2.08. The quantitative estimate of drug-likeness (QED) is 0.792. The number of rotatable bonds is 3. The first-order valence-corrected chi connectivity index (χ1v) is 5.47. The smallest absolute Gasteiger partial charge is 0.269 e. The molecule has 4 N–H and O–H groups in total. The summed E-state index contributed by atoms with van der Waals surface area (Å²) in [6.45, 7) is -0.0107. The highest BCUT2D eigenvalue weighted by molar-refractivity contribution is 6.31. The summed E-state index contributed by atoms with van der Waals surface area (Å²) in [6, 6.07) is 5.72. The minimum Gasteiger partial charge on any atom is -0.382 e. The molecule has 0 saturated carbocycles. The van der Waals surface area contributed by atoms with Gasteiger partial charge in [-0.2, -0.15) is 5.10 Å². The van der Waals surface area contributed by atoms with Crippen LogP contribution in [0.1, 0.15) is 16.1 Å². The van der Waals surface area contributed by atoms with Crippen molar-refractivity contribution in [2.45, 2.75) is 6.54 Å². The van der Waals surface area contributed by atoms with Gasteiger partial charge >= 0.3 is 0 Å². The molecule has 0 aliphatic carbocycles. The van der Waals surface area contributed by atoms with Crippen molar-refractivity contribution < 1.29 is 9.18 Å². The van der Waals surface area contributed by atoms with Gasteiger partial charge in [-0.3, -0.25) is 9.89 Å². The van der Waals surface area contributed by atoms with Gasteiger partial charge in [0.05, 0.1) is 0 Å². The maximum atomic E-state index is 13.4. The number of halogens is 2. The number of carbonyl (C=O) groups excluding carboxylic acids is 1. The van der Waals surface area contributed by atoms with E-state index < -0.39 is 11.7 Å². The van der Waals surface area contributed by atoms with Gasteiger partial charge in [-0.25, -0.2) is 4.39 Å². The molecular formula is C11H10ClFN4O. The fourth-order valence-electron chi connectivity index (χ4n) is 1.42. The van der Waals surface area contributed by atoms with Gasteiger partial charge in [0.15, 0.2) is 0 Å². The van der Waals surface area contributed by atoms with Crippen LogP contribution in [0.4, 0.5) is 10.2 Å². The number of aromatic nitrogens is 2. The summed E-state index contributed by atoms with van der Waals surface area (Å²) in [7, 11) is 0. The van der Waals surface area contributed by atoms with E-state index in [1.165, 1.54) is 18.2 Å². The van der Waals surface area contributed by atoms with Gasteiger partial charge in [-0.1, -0.05) is 17.7 Å². The Bertz CT molecular complexity index is 564. The van der Waals surface area contributed by atoms with Crippen LogP contribution in [0.15, 0.2) is 24.3 Å². The lowest BCUT2D eigenvalue weighted by atomic mass is 10.2. The minimum atomic E-state index is -0.466. The maximum absolute atomic E-state index is 13.4. The van der Waals surface area contributed by atoms with Crippen molar-refractivity contribution >= 4 is 23.3 Å². The van der Waals surface area contributed by atoms with Crippen molar-refractivity contribution in [3.63, 3.8) is 0 Å². The van der Waals surface area contributed by atoms with E-state index in [4.69, 9.17) is 17.3 Å². The third kappa shape index (κ3) is 2.60. The van der Waals surface area contributed by atoms with E-state index in [0.29, 0.717) is 0 Å². The number of amides is 1. The standard InChI is InChI=1S/C11H10ClFN4O/c12-7-2-1-3-8(13)6(7)5-15-11(18)9-4-10(14)17-16-9/h1-4H,5H2,(H,15,18)(H3,14,16,17). The molecular weight excluding hydrogens is 259 g/mol. The number of H-pyrrole nitrogens is 1. The summed E-state index contributed by atoms with van der Waals surface area (Å²) in [5, 5.41) is 8.86. The molecule has 1 aromatic carbocycles. The van der Waals surface area contributed by atoms with Gasteiger partial charge in [-0.05, 0) is 12.1 Å². The second-order valence-electron chi connectivity index (χ2n) is 3.59. The van der Waals surface area contributed by atoms with Gasteiger partial charge in [0.1, 0.15) is 17.3 Å². The zero-order valence-electron chi connectivity index (χ0n) is 9.21. The molecule has 0 aliphatic rings. The predicted octanol–water partition coefficient (Wildman–Crippen LogP) is 1.71. The Morgan fingerprint density at radius 2 is 2.33 bits per heavy atom. The van der Waals surface area contributed by atoms with Crippen molar-refractivity contribution in [3.05, 3.63) is 46.4 Å². The topological polar surface area (TPSA) is 83.8 Å². The van der Waals surface area contributed by atoms with Gasteiger partial charge in [0.2, 0.25) is 0 Å². The number of carbonyl (C=O) groups is 1. The molecule has 0 atom stereocenters. The summed E-state index contributed by atoms with van der Waals surface area (Å²) in [5.74, 6) is -0.686. The maximum Gasteiger partial charge on any atom is 0.269 e. The first kappa shape index (κ1) is 12.4. The number of nitrogens with zero attached hydrogens (tertiary/aromatic N) is 1. The van der Waals surface area contributed by atoms with E-state index in [2.05, 4.69) is 15.5 Å². The van der Waals surface area contributed by atoms with E-state index in [-0.39, 0.29) is 28.6 Å². The number of anilines is 1. The monoisotopic (exact) mass is 268 g/mol. The van der Waals surface area contributed by atoms with Gasteiger partial charge < -0.3 is 11.1 Å². The molecule has 5 nitrogen and oxygen atoms in total. The van der Waals surface area contributed by atoms with Crippen LogP contribution in [0, 0.1) is 5.82 Å². The lowest BCUT2D eigenvalue weighted by Crippen LogP contribution is -2.23. The Kier molecular flexibility index (Phi) is 3.47. The zero-order valence-corrected chi connectivity index (χ0v) is 9.96. The van der Waals surface area contributed by atoms with E-state index in [1.807, 2.05) is 0 Å².